The van der Waals surface area contributed by atoms with Crippen molar-refractivity contribution in [2.75, 3.05) is 6.61 Å². The molecule has 0 saturated carbocycles. The number of hydrogen-bond donors (Lipinski definition) is 0. The van der Waals surface area contributed by atoms with Gasteiger partial charge in [0.25, 0.3) is 0 Å². The average Bonchev–Trinajstić information content (AvgIpc) is 2.83. The van der Waals surface area contributed by atoms with Gasteiger partial charge < -0.3 is 9.47 Å². The van der Waals surface area contributed by atoms with Gasteiger partial charge >= 0.3 is 12.1 Å². The summed E-state index contributed by atoms with van der Waals surface area (Å²) in [4.78, 5) is 24.9. The van der Waals surface area contributed by atoms with Crippen LogP contribution in [0.5, 0.6) is 5.75 Å². The molecular weight excluding hydrogens is 469 g/mol. The molecule has 0 aliphatic carbocycles. The Balaban J connectivity index is 1.68. The van der Waals surface area contributed by atoms with Crippen molar-refractivity contribution in [2.45, 2.75) is 52.3 Å². The molecule has 7 heteroatoms. The molecule has 0 bridgehead atoms. The van der Waals surface area contributed by atoms with Gasteiger partial charge in [-0.2, -0.15) is 13.2 Å². The predicted molar refractivity (Wildman–Crippen MR) is 132 cm³/mol. The first-order valence-electron chi connectivity index (χ1n) is 11.7. The van der Waals surface area contributed by atoms with E-state index in [9.17, 15) is 22.8 Å². The highest BCUT2D eigenvalue weighted by Gasteiger charge is 2.32. The summed E-state index contributed by atoms with van der Waals surface area (Å²) in [5.41, 5.74) is 1.34. The minimum Gasteiger partial charge on any atom is -0.476 e. The topological polar surface area (TPSA) is 52.6 Å². The molecule has 0 heterocycles. The van der Waals surface area contributed by atoms with Crippen LogP contribution < -0.4 is 4.74 Å². The van der Waals surface area contributed by atoms with Crippen LogP contribution in [0.3, 0.4) is 0 Å². The lowest BCUT2D eigenvalue weighted by atomic mass is 9.97. The fraction of sp³-hybridized carbons (Fsp3) is 0.310. The van der Waals surface area contributed by atoms with E-state index in [2.05, 4.69) is 0 Å². The number of alkyl halides is 3. The Labute approximate surface area is 209 Å². The summed E-state index contributed by atoms with van der Waals surface area (Å²) in [5, 5.41) is 0. The molecule has 0 fully saturated rings. The van der Waals surface area contributed by atoms with Gasteiger partial charge in [-0.25, -0.2) is 4.79 Å². The van der Waals surface area contributed by atoms with Gasteiger partial charge in [0, 0.05) is 12.0 Å². The summed E-state index contributed by atoms with van der Waals surface area (Å²) in [6, 6.07) is 17.4. The van der Waals surface area contributed by atoms with Crippen molar-refractivity contribution >= 4 is 11.8 Å². The number of hydrogen-bond acceptors (Lipinski definition) is 4. The highest BCUT2D eigenvalue weighted by atomic mass is 19.4. The molecular formula is C29H29F3O4. The number of halogens is 3. The number of esters is 1. The maximum Gasteiger partial charge on any atom is 0.416 e. The van der Waals surface area contributed by atoms with E-state index in [1.54, 1.807) is 64.1 Å². The number of carbonyl (C=O) groups is 2. The van der Waals surface area contributed by atoms with Gasteiger partial charge in [0.15, 0.2) is 11.4 Å². The second-order valence-electron chi connectivity index (χ2n) is 9.02. The van der Waals surface area contributed by atoms with Gasteiger partial charge in [0.05, 0.1) is 12.2 Å². The number of ether oxygens (including phenoxy) is 2. The molecule has 3 aromatic rings. The zero-order valence-corrected chi connectivity index (χ0v) is 20.7. The van der Waals surface area contributed by atoms with Crippen molar-refractivity contribution in [2.24, 2.45) is 0 Å². The molecule has 0 radical (unpaired) electrons. The summed E-state index contributed by atoms with van der Waals surface area (Å²) in [6.07, 6.45) is -3.73. The van der Waals surface area contributed by atoms with Crippen LogP contribution >= 0.6 is 0 Å². The van der Waals surface area contributed by atoms with E-state index in [0.717, 1.165) is 17.7 Å². The van der Waals surface area contributed by atoms with Crippen molar-refractivity contribution in [1.82, 2.24) is 0 Å². The summed E-state index contributed by atoms with van der Waals surface area (Å²) in [6.45, 7) is 7.02. The third kappa shape index (κ3) is 6.74. The SMILES string of the molecule is CCOC(=O)C(C)(C)Oc1ccc(C(=O)CCc2cccc(-c3cccc(C(F)(F)F)c3)c2)cc1C. The first-order chi connectivity index (χ1) is 16.9. The van der Waals surface area contributed by atoms with Crippen molar-refractivity contribution in [3.63, 3.8) is 0 Å². The second-order valence-corrected chi connectivity index (χ2v) is 9.02. The Hall–Kier alpha value is -3.61. The van der Waals surface area contributed by atoms with Crippen molar-refractivity contribution in [1.29, 1.82) is 0 Å². The number of ketones is 1. The van der Waals surface area contributed by atoms with E-state index in [-0.39, 0.29) is 18.8 Å². The van der Waals surface area contributed by atoms with Crippen molar-refractivity contribution in [3.8, 4) is 16.9 Å². The third-order valence-electron chi connectivity index (χ3n) is 5.72. The van der Waals surface area contributed by atoms with Crippen LogP contribution in [-0.4, -0.2) is 24.0 Å². The molecule has 0 atom stereocenters. The zero-order chi connectivity index (χ0) is 26.5. The third-order valence-corrected chi connectivity index (χ3v) is 5.72. The molecule has 0 N–H and O–H groups in total. The number of Topliss-reactive ketones (excluding diaryl/α,β-unsaturated/α-hetero) is 1. The Morgan fingerprint density at radius 2 is 1.56 bits per heavy atom. The fourth-order valence-electron chi connectivity index (χ4n) is 3.74. The number of carbonyl (C=O) groups excluding carboxylic acids is 2. The number of aryl methyl sites for hydroxylation is 2. The van der Waals surface area contributed by atoms with Gasteiger partial charge in [-0.3, -0.25) is 4.79 Å². The van der Waals surface area contributed by atoms with E-state index in [1.807, 2.05) is 12.1 Å². The van der Waals surface area contributed by atoms with Crippen LogP contribution in [-0.2, 0) is 22.1 Å². The normalized spacial score (nSPS) is 11.8. The quantitative estimate of drug-likeness (QED) is 0.231. The summed E-state index contributed by atoms with van der Waals surface area (Å²) in [7, 11) is 0. The molecule has 0 saturated heterocycles. The maximum absolute atomic E-state index is 13.1. The first-order valence-corrected chi connectivity index (χ1v) is 11.7. The molecule has 0 aliphatic heterocycles. The maximum atomic E-state index is 13.1. The molecule has 0 aliphatic rings. The molecule has 36 heavy (non-hydrogen) atoms. The Bertz CT molecular complexity index is 1250. The average molecular weight is 499 g/mol. The van der Waals surface area contributed by atoms with Gasteiger partial charge in [-0.15, -0.1) is 0 Å². The lowest BCUT2D eigenvalue weighted by molar-refractivity contribution is -0.158. The molecule has 0 unspecified atom stereocenters. The number of benzene rings is 3. The van der Waals surface area contributed by atoms with Crippen LogP contribution in [0.2, 0.25) is 0 Å². The van der Waals surface area contributed by atoms with Gasteiger partial charge in [0.1, 0.15) is 5.75 Å². The van der Waals surface area contributed by atoms with E-state index < -0.39 is 23.3 Å². The van der Waals surface area contributed by atoms with Crippen LogP contribution in [0.25, 0.3) is 11.1 Å². The van der Waals surface area contributed by atoms with Crippen LogP contribution in [0.1, 0.15) is 54.2 Å². The monoisotopic (exact) mass is 498 g/mol. The molecule has 3 rings (SSSR count). The Kier molecular flexibility index (Phi) is 8.23. The van der Waals surface area contributed by atoms with E-state index in [1.165, 1.54) is 6.07 Å². The van der Waals surface area contributed by atoms with Crippen LogP contribution in [0.4, 0.5) is 13.2 Å². The van der Waals surface area contributed by atoms with Crippen molar-refractivity contribution < 1.29 is 32.2 Å². The molecule has 0 aromatic heterocycles. The van der Waals surface area contributed by atoms with Gasteiger partial charge in [-0.1, -0.05) is 36.4 Å². The molecule has 190 valence electrons. The smallest absolute Gasteiger partial charge is 0.416 e. The van der Waals surface area contributed by atoms with Crippen LogP contribution in [0.15, 0.2) is 66.7 Å². The molecule has 0 spiro atoms. The zero-order valence-electron chi connectivity index (χ0n) is 20.7. The number of rotatable bonds is 9. The highest BCUT2D eigenvalue weighted by molar-refractivity contribution is 5.96. The molecule has 0 amide bonds. The van der Waals surface area contributed by atoms with E-state index in [0.29, 0.717) is 34.4 Å². The van der Waals surface area contributed by atoms with E-state index in [4.69, 9.17) is 9.47 Å². The minimum atomic E-state index is -4.41. The lowest BCUT2D eigenvalue weighted by Gasteiger charge is -2.25. The fourth-order valence-corrected chi connectivity index (χ4v) is 3.74. The molecule has 4 nitrogen and oxygen atoms in total. The first kappa shape index (κ1) is 27.0. The Morgan fingerprint density at radius 1 is 0.889 bits per heavy atom. The summed E-state index contributed by atoms with van der Waals surface area (Å²) in [5.74, 6) is -0.0610. The van der Waals surface area contributed by atoms with Crippen LogP contribution in [0, 0.1) is 6.92 Å². The summed E-state index contributed by atoms with van der Waals surface area (Å²) < 4.78 is 50.1. The minimum absolute atomic E-state index is 0.0706. The largest absolute Gasteiger partial charge is 0.476 e. The highest BCUT2D eigenvalue weighted by Crippen LogP contribution is 2.32. The lowest BCUT2D eigenvalue weighted by Crippen LogP contribution is -2.39. The second kappa shape index (κ2) is 11.0. The predicted octanol–water partition coefficient (Wildman–Crippen LogP) is 7.22. The summed E-state index contributed by atoms with van der Waals surface area (Å²) >= 11 is 0. The molecule has 3 aromatic carbocycles. The van der Waals surface area contributed by atoms with E-state index >= 15 is 0 Å². The van der Waals surface area contributed by atoms with Crippen molar-refractivity contribution in [3.05, 3.63) is 89.0 Å². The van der Waals surface area contributed by atoms with Gasteiger partial charge in [-0.05, 0) is 86.7 Å². The Morgan fingerprint density at radius 3 is 2.19 bits per heavy atom. The van der Waals surface area contributed by atoms with Gasteiger partial charge in [0.2, 0.25) is 0 Å². The standard InChI is InChI=1S/C29H29F3O4/c1-5-35-27(34)28(3,4)36-26-15-13-23(16-19(26)2)25(33)14-12-20-8-6-9-21(17-20)22-10-7-11-24(18-22)29(30,31)32/h6-11,13,15-18H,5,12,14H2,1-4H3.